The zero-order valence-corrected chi connectivity index (χ0v) is 101. The van der Waals surface area contributed by atoms with Gasteiger partial charge in [0.25, 0.3) is 0 Å². The number of carbonyl (C=O) groups excluding carboxylic acids is 5. The molecule has 2 aromatic rings. The first-order valence-electron chi connectivity index (χ1n) is 57.1. The Kier molecular flexibility index (Phi) is 79.2. The molecule has 0 amide bonds. The first-order valence-corrected chi connectivity index (χ1v) is 57.1. The summed E-state index contributed by atoms with van der Waals surface area (Å²) in [6, 6.07) is 17.4. The molecular weight excluding hydrogens is 1840 g/mol. The summed E-state index contributed by atoms with van der Waals surface area (Å²) in [6.45, 7) is 68.8. The SMILES string of the molecule is C#CC(C)OC(=O)/C=C(C)/C=C/CC(C)CCCC(C)C.CC#C/C(=C\CC/C(C)=C/C(=O)OC)CCCC1(C)OC1C.CC/C(=C\CC/C(C)=C/C(=O)OC)CCCC1(C)OC1CC.CCOC(=O)/C=C(C)/C=C/CC(C)CCCC(C)C.CCc1ccc(OCCC(CC)CCC2OC2(C)CC)cc1.COC(C)(C)CCCC(C)C/C=C/C(C)=C/C(=O)OC(C)C.COC(C)(C)CCCC(C)CCCc1ccc(C)cc1.[HH]. The van der Waals surface area contributed by atoms with Crippen LogP contribution in [0.2, 0.25) is 0 Å². The third-order valence-electron chi connectivity index (χ3n) is 28.3. The lowest BCUT2D eigenvalue weighted by atomic mass is 9.93. The zero-order chi connectivity index (χ0) is 112. The molecule has 3 aliphatic rings. The first kappa shape index (κ1) is 142. The highest BCUT2D eigenvalue weighted by Crippen LogP contribution is 2.45. The van der Waals surface area contributed by atoms with E-state index in [4.69, 9.17) is 49.1 Å². The van der Waals surface area contributed by atoms with Crippen LogP contribution in [0.25, 0.3) is 0 Å². The molecule has 0 N–H and O–H groups in total. The Bertz CT molecular complexity index is 4350. The molecule has 0 aromatic heterocycles. The van der Waals surface area contributed by atoms with Crippen LogP contribution in [0.1, 0.15) is 451 Å². The summed E-state index contributed by atoms with van der Waals surface area (Å²) in [5.41, 5.74) is 12.2. The molecule has 0 bridgehead atoms. The predicted octanol–water partition coefficient (Wildman–Crippen LogP) is 35.2. The zero-order valence-electron chi connectivity index (χ0n) is 101. The summed E-state index contributed by atoms with van der Waals surface area (Å²) in [4.78, 5) is 56.5. The number of carbonyl (C=O) groups is 5. The van der Waals surface area contributed by atoms with Crippen molar-refractivity contribution >= 4 is 29.8 Å². The van der Waals surface area contributed by atoms with E-state index < -0.39 is 6.10 Å². The fourth-order valence-electron chi connectivity index (χ4n) is 16.9. The van der Waals surface area contributed by atoms with E-state index in [1.165, 1.54) is 157 Å². The number of aryl methyl sites for hydroxylation is 3. The number of epoxide rings is 3. The quantitative estimate of drug-likeness (QED) is 0.0115. The normalized spacial score (nSPS) is 19.0. The van der Waals surface area contributed by atoms with Gasteiger partial charge in [0, 0.05) is 46.0 Å². The summed E-state index contributed by atoms with van der Waals surface area (Å²) in [6.07, 6.45) is 72.1. The second-order valence-electron chi connectivity index (χ2n) is 45.0. The second kappa shape index (κ2) is 82.5. The van der Waals surface area contributed by atoms with Gasteiger partial charge in [0.1, 0.15) is 5.75 Å². The van der Waals surface area contributed by atoms with Gasteiger partial charge in [-0.1, -0.05) is 286 Å². The molecule has 844 valence electrons. The first-order chi connectivity index (χ1) is 69.8. The van der Waals surface area contributed by atoms with E-state index in [9.17, 15) is 24.0 Å². The van der Waals surface area contributed by atoms with Gasteiger partial charge < -0.3 is 52.1 Å². The maximum atomic E-state index is 11.5. The third-order valence-corrected chi connectivity index (χ3v) is 28.3. The molecule has 0 saturated carbocycles. The average Bonchev–Trinajstić information content (AvgIpc) is 1.63. The molecular formula is C132H220O16. The monoisotopic (exact) mass is 2060 g/mol. The Morgan fingerprint density at radius 3 is 1.37 bits per heavy atom. The number of terminal acetylenes is 1. The Labute approximate surface area is 909 Å². The van der Waals surface area contributed by atoms with Gasteiger partial charge in [0.05, 0.1) is 79.9 Å². The standard InChI is InChI=1S/C20H32O2.C19H28O3.C19H32O3.C19H34O3.C19H30O2.C19H32O.C17H30O2.H2/c1-5-16-8-11-18(12-9-16)21-15-14-17(6-2)10-13-19-20(4,7-3)22-19;1-6-9-17(12-8-13-19(4)16(3)22-19)11-7-10-15(2)14-18(20)21-5;1-6-16(11-8-10-15(3)14-18(20)21-5)12-9-13-19(4)17(7-2)22-19;1-15(2)22-18(20)14-17(4)11-8-10-16(3)12-9-13-19(5,6)21-7;1-7-18(6)21-19(20)14-17(5)13-9-12-16(4)11-8-10-15(2)3;1-16(9-7-15-19(3,4)20-5)8-6-10-18-13-11-17(2)12-14-18;1-6-19-17(18)13-16(5)12-8-11-15(4)10-7-9-14(2)3;/h8-9,11-12,17,19H,5-7,10,13-15H2,1-4H3;11,14,16H,7-8,10,12-13H2,1-5H3;11,14,17H,6-10,12-13H2,1-5H3;8,11,14-16H,9-10,12-13H2,1-7H3;1,9,13-16,18H,8,10-12H2,2-6H3;11-14,16H,6-10,15H2,1-5H3;8,12-15H,6-7,9-11H2,1-5H3;1H/b;15-14+,17-11+;15-14+,16-11+;11-8+,17-14+;13-9+,17-14+;;12-8+,16-13+;. The van der Waals surface area contributed by atoms with Crippen LogP contribution >= 0.6 is 0 Å². The summed E-state index contributed by atoms with van der Waals surface area (Å²) in [5, 5.41) is 0. The minimum absolute atomic E-state index is 0. The van der Waals surface area contributed by atoms with Crippen LogP contribution in [-0.4, -0.2) is 130 Å². The summed E-state index contributed by atoms with van der Waals surface area (Å²) >= 11 is 0. The Hall–Kier alpha value is -8.09. The molecule has 12 atom stereocenters. The molecule has 16 nitrogen and oxygen atoms in total. The van der Waals surface area contributed by atoms with Gasteiger partial charge in [0.2, 0.25) is 0 Å². The number of allylic oxidation sites excluding steroid dienone is 15. The Morgan fingerprint density at radius 2 is 0.953 bits per heavy atom. The van der Waals surface area contributed by atoms with Crippen LogP contribution in [0.5, 0.6) is 5.75 Å². The molecule has 0 spiro atoms. The topological polar surface area (TPSA) is 197 Å². The smallest absolute Gasteiger partial charge is 0.332 e. The van der Waals surface area contributed by atoms with Crippen molar-refractivity contribution in [1.82, 2.24) is 0 Å². The largest absolute Gasteiger partial charge is 0.494 e. The summed E-state index contributed by atoms with van der Waals surface area (Å²) in [5.74, 6) is 13.3. The van der Waals surface area contributed by atoms with Crippen LogP contribution in [0.3, 0.4) is 0 Å². The van der Waals surface area contributed by atoms with Gasteiger partial charge in [0.15, 0.2) is 6.10 Å². The van der Waals surface area contributed by atoms with E-state index in [1.807, 2.05) is 87.7 Å². The highest BCUT2D eigenvalue weighted by molar-refractivity contribution is 5.85. The third kappa shape index (κ3) is 77.3. The maximum Gasteiger partial charge on any atom is 0.332 e. The fraction of sp³-hybridized carbons (Fsp3) is 0.689. The van der Waals surface area contributed by atoms with Crippen molar-refractivity contribution in [1.29, 1.82) is 0 Å². The van der Waals surface area contributed by atoms with Gasteiger partial charge >= 0.3 is 29.8 Å². The number of esters is 5. The number of hydrogen-bond acceptors (Lipinski definition) is 16. The lowest BCUT2D eigenvalue weighted by molar-refractivity contribution is -0.141. The lowest BCUT2D eigenvalue weighted by Gasteiger charge is -2.23. The van der Waals surface area contributed by atoms with Crippen molar-refractivity contribution in [2.45, 2.75) is 511 Å². The van der Waals surface area contributed by atoms with Gasteiger partial charge in [-0.2, -0.15) is 0 Å². The second-order valence-corrected chi connectivity index (χ2v) is 45.0. The van der Waals surface area contributed by atoms with Crippen LogP contribution in [0.15, 0.2) is 167 Å². The molecule has 148 heavy (non-hydrogen) atoms. The predicted molar refractivity (Wildman–Crippen MR) is 628 cm³/mol. The molecule has 0 aliphatic carbocycles. The molecule has 3 heterocycles. The van der Waals surface area contributed by atoms with Crippen molar-refractivity contribution in [3.63, 3.8) is 0 Å². The van der Waals surface area contributed by atoms with Gasteiger partial charge in [-0.25, -0.2) is 24.0 Å². The van der Waals surface area contributed by atoms with Crippen LogP contribution in [-0.2, 0) is 84.2 Å². The maximum absolute atomic E-state index is 11.5. The number of benzene rings is 2. The van der Waals surface area contributed by atoms with Crippen LogP contribution in [0, 0.1) is 72.5 Å². The van der Waals surface area contributed by atoms with E-state index >= 15 is 0 Å². The molecule has 12 unspecified atom stereocenters. The Balaban J connectivity index is -0.00000167. The summed E-state index contributed by atoms with van der Waals surface area (Å²) in [7, 11) is 6.39. The van der Waals surface area contributed by atoms with E-state index in [1.54, 1.807) is 38.3 Å². The molecule has 5 rings (SSSR count). The molecule has 3 aliphatic heterocycles. The van der Waals surface area contributed by atoms with Crippen molar-refractivity contribution in [2.24, 2.45) is 41.4 Å². The molecule has 2 aromatic carbocycles. The van der Waals surface area contributed by atoms with Crippen molar-refractivity contribution in [3.8, 4) is 29.9 Å². The molecule has 0 radical (unpaired) electrons. The highest BCUT2D eigenvalue weighted by atomic mass is 16.6. The number of methoxy groups -OCH3 is 4. The number of rotatable bonds is 65. The minimum Gasteiger partial charge on any atom is -0.494 e. The number of ether oxygens (including phenoxy) is 11. The van der Waals surface area contributed by atoms with Crippen molar-refractivity contribution < 1.29 is 77.5 Å². The van der Waals surface area contributed by atoms with Crippen molar-refractivity contribution in [2.75, 3.05) is 41.7 Å². The molecule has 3 saturated heterocycles. The van der Waals surface area contributed by atoms with Crippen LogP contribution < -0.4 is 4.74 Å². The average molecular weight is 2060 g/mol. The Morgan fingerprint density at radius 1 is 0.500 bits per heavy atom. The lowest BCUT2D eigenvalue weighted by Crippen LogP contribution is -2.22. The summed E-state index contributed by atoms with van der Waals surface area (Å²) < 4.78 is 58.2. The van der Waals surface area contributed by atoms with E-state index in [-0.39, 0.29) is 65.4 Å². The molecule has 16 heteroatoms. The van der Waals surface area contributed by atoms with Gasteiger partial charge in [-0.15, -0.1) is 12.3 Å². The van der Waals surface area contributed by atoms with E-state index in [0.29, 0.717) is 42.7 Å². The van der Waals surface area contributed by atoms with Gasteiger partial charge in [-0.3, -0.25) is 0 Å². The minimum atomic E-state index is -0.480. The highest BCUT2D eigenvalue weighted by Gasteiger charge is 2.51. The van der Waals surface area contributed by atoms with Gasteiger partial charge in [-0.05, 0) is 373 Å². The molecule has 3 fully saturated rings. The van der Waals surface area contributed by atoms with Crippen molar-refractivity contribution in [3.05, 3.63) is 183 Å². The van der Waals surface area contributed by atoms with E-state index in [0.717, 1.165) is 186 Å². The van der Waals surface area contributed by atoms with E-state index in [2.05, 4.69) is 258 Å². The van der Waals surface area contributed by atoms with Crippen LogP contribution in [0.4, 0.5) is 0 Å². The fourth-order valence-corrected chi connectivity index (χ4v) is 16.9. The number of hydrogen-bond donors (Lipinski definition) is 0.